The van der Waals surface area contributed by atoms with E-state index in [4.69, 9.17) is 4.74 Å². The molecule has 1 amide bonds. The summed E-state index contributed by atoms with van der Waals surface area (Å²) in [5.41, 5.74) is 2.43. The summed E-state index contributed by atoms with van der Waals surface area (Å²) >= 11 is 1.33. The van der Waals surface area contributed by atoms with Crippen LogP contribution < -0.4 is 0 Å². The van der Waals surface area contributed by atoms with Crippen molar-refractivity contribution in [2.75, 3.05) is 26.3 Å². The molecule has 124 valence electrons. The molecule has 3 aromatic rings. The van der Waals surface area contributed by atoms with Gasteiger partial charge in [0.2, 0.25) is 11.1 Å². The van der Waals surface area contributed by atoms with E-state index in [1.807, 2.05) is 36.1 Å². The van der Waals surface area contributed by atoms with Crippen LogP contribution in [0.15, 0.2) is 29.4 Å². The number of hydrogen-bond donors (Lipinski definition) is 1. The van der Waals surface area contributed by atoms with Gasteiger partial charge in [-0.1, -0.05) is 30.0 Å². The molecule has 2 aromatic heterocycles. The minimum atomic E-state index is -0.258. The number of thioether (sulfide) groups is 1. The van der Waals surface area contributed by atoms with Crippen molar-refractivity contribution in [3.8, 4) is 0 Å². The van der Waals surface area contributed by atoms with Crippen LogP contribution in [0.3, 0.4) is 0 Å². The van der Waals surface area contributed by atoms with Crippen LogP contribution in [0.5, 0.6) is 0 Å². The van der Waals surface area contributed by atoms with E-state index in [2.05, 4.69) is 20.2 Å². The van der Waals surface area contributed by atoms with Gasteiger partial charge < -0.3 is 14.6 Å². The molecule has 1 N–H and O–H groups in total. The van der Waals surface area contributed by atoms with E-state index in [-0.39, 0.29) is 11.2 Å². The number of morpholine rings is 1. The lowest BCUT2D eigenvalue weighted by Crippen LogP contribution is -2.44. The van der Waals surface area contributed by atoms with Crippen molar-refractivity contribution in [3.05, 3.63) is 24.3 Å². The Labute approximate surface area is 142 Å². The van der Waals surface area contributed by atoms with Gasteiger partial charge in [0.05, 0.1) is 18.5 Å². The van der Waals surface area contributed by atoms with Gasteiger partial charge in [-0.05, 0) is 13.0 Å². The van der Waals surface area contributed by atoms with Gasteiger partial charge in [-0.15, -0.1) is 10.2 Å². The van der Waals surface area contributed by atoms with E-state index in [0.717, 1.165) is 16.4 Å². The molecule has 8 heteroatoms. The number of benzene rings is 1. The van der Waals surface area contributed by atoms with Crippen LogP contribution in [0.2, 0.25) is 0 Å². The average Bonchev–Trinajstić information content (AvgIpc) is 2.99. The van der Waals surface area contributed by atoms with Crippen molar-refractivity contribution in [3.63, 3.8) is 0 Å². The highest BCUT2D eigenvalue weighted by Crippen LogP contribution is 2.25. The van der Waals surface area contributed by atoms with Crippen molar-refractivity contribution < 1.29 is 9.53 Å². The molecule has 1 saturated heterocycles. The zero-order chi connectivity index (χ0) is 16.5. The van der Waals surface area contributed by atoms with Crippen LogP contribution in [0.4, 0.5) is 0 Å². The third-order valence-corrected chi connectivity index (χ3v) is 4.99. The number of carbonyl (C=O) groups is 1. The molecule has 1 aliphatic heterocycles. The highest BCUT2D eigenvalue weighted by molar-refractivity contribution is 8.00. The van der Waals surface area contributed by atoms with Gasteiger partial charge in [-0.2, -0.15) is 0 Å². The number of aromatic amines is 1. The second-order valence-electron chi connectivity index (χ2n) is 5.66. The Morgan fingerprint density at radius 2 is 2.08 bits per heavy atom. The van der Waals surface area contributed by atoms with Crippen LogP contribution in [0, 0.1) is 0 Å². The van der Waals surface area contributed by atoms with Gasteiger partial charge in [0.15, 0.2) is 5.65 Å². The first-order valence-electron chi connectivity index (χ1n) is 7.87. The second kappa shape index (κ2) is 6.37. The molecule has 1 atom stereocenters. The molecule has 0 bridgehead atoms. The van der Waals surface area contributed by atoms with E-state index < -0.39 is 0 Å². The monoisotopic (exact) mass is 343 g/mol. The van der Waals surface area contributed by atoms with Crippen molar-refractivity contribution in [1.29, 1.82) is 0 Å². The van der Waals surface area contributed by atoms with E-state index in [1.165, 1.54) is 11.8 Å². The van der Waals surface area contributed by atoms with Gasteiger partial charge in [0.25, 0.3) is 0 Å². The Morgan fingerprint density at radius 1 is 1.29 bits per heavy atom. The summed E-state index contributed by atoms with van der Waals surface area (Å²) in [6, 6.07) is 7.89. The Kier molecular flexibility index (Phi) is 4.07. The largest absolute Gasteiger partial charge is 0.378 e. The first-order chi connectivity index (χ1) is 11.7. The third-order valence-electron chi connectivity index (χ3n) is 4.06. The topological polar surface area (TPSA) is 84.0 Å². The number of carbonyl (C=O) groups excluding carboxylic acids is 1. The number of hydrogen-bond acceptors (Lipinski definition) is 6. The highest BCUT2D eigenvalue weighted by Gasteiger charge is 2.24. The number of nitrogens with one attached hydrogen (secondary N) is 1. The fraction of sp³-hybridized carbons (Fsp3) is 0.375. The Balaban J connectivity index is 1.55. The Hall–Kier alpha value is -2.19. The molecule has 7 nitrogen and oxygen atoms in total. The maximum Gasteiger partial charge on any atom is 0.236 e. The van der Waals surface area contributed by atoms with E-state index in [9.17, 15) is 4.79 Å². The van der Waals surface area contributed by atoms with Crippen molar-refractivity contribution in [1.82, 2.24) is 25.1 Å². The van der Waals surface area contributed by atoms with Crippen LogP contribution >= 0.6 is 11.8 Å². The molecule has 1 unspecified atom stereocenters. The van der Waals surface area contributed by atoms with Crippen molar-refractivity contribution in [2.24, 2.45) is 0 Å². The SMILES string of the molecule is CC(Sc1nnc2c(n1)[nH]c1ccccc12)C(=O)N1CCOCC1. The van der Waals surface area contributed by atoms with Crippen LogP contribution in [0.1, 0.15) is 6.92 Å². The number of nitrogens with zero attached hydrogens (tertiary/aromatic N) is 4. The van der Waals surface area contributed by atoms with Gasteiger partial charge in [-0.3, -0.25) is 4.79 Å². The number of aromatic nitrogens is 4. The van der Waals surface area contributed by atoms with Gasteiger partial charge in [0.1, 0.15) is 5.52 Å². The Morgan fingerprint density at radius 3 is 2.92 bits per heavy atom. The van der Waals surface area contributed by atoms with Gasteiger partial charge in [0, 0.05) is 24.0 Å². The standard InChI is InChI=1S/C16H17N5O2S/c1-10(15(22)21-6-8-23-9-7-21)24-16-18-14-13(19-20-16)11-4-2-3-5-12(11)17-14/h2-5,10H,6-9H2,1H3,(H,17,18,20). The maximum absolute atomic E-state index is 12.5. The number of rotatable bonds is 3. The lowest BCUT2D eigenvalue weighted by atomic mass is 10.2. The van der Waals surface area contributed by atoms with Crippen molar-refractivity contribution >= 4 is 39.7 Å². The molecule has 4 rings (SSSR count). The van der Waals surface area contributed by atoms with E-state index in [0.29, 0.717) is 37.1 Å². The van der Waals surface area contributed by atoms with Crippen molar-refractivity contribution in [2.45, 2.75) is 17.3 Å². The fourth-order valence-corrected chi connectivity index (χ4v) is 3.60. The molecule has 0 radical (unpaired) electrons. The summed E-state index contributed by atoms with van der Waals surface area (Å²) < 4.78 is 5.29. The predicted octanol–water partition coefficient (Wildman–Crippen LogP) is 1.85. The van der Waals surface area contributed by atoms with Crippen LogP contribution in [-0.2, 0) is 9.53 Å². The first-order valence-corrected chi connectivity index (χ1v) is 8.74. The lowest BCUT2D eigenvalue weighted by Gasteiger charge is -2.28. The quantitative estimate of drug-likeness (QED) is 0.731. The van der Waals surface area contributed by atoms with Crippen LogP contribution in [-0.4, -0.2) is 62.5 Å². The summed E-state index contributed by atoms with van der Waals surface area (Å²) in [7, 11) is 0. The zero-order valence-corrected chi connectivity index (χ0v) is 14.0. The fourth-order valence-electron chi connectivity index (χ4n) is 2.81. The van der Waals surface area contributed by atoms with Crippen LogP contribution in [0.25, 0.3) is 22.1 Å². The number of amides is 1. The molecule has 0 spiro atoms. The smallest absolute Gasteiger partial charge is 0.236 e. The molecule has 1 fully saturated rings. The molecular weight excluding hydrogens is 326 g/mol. The number of H-pyrrole nitrogens is 1. The first kappa shape index (κ1) is 15.3. The lowest BCUT2D eigenvalue weighted by molar-refractivity contribution is -0.134. The number of para-hydroxylation sites is 1. The normalized spacial score (nSPS) is 16.6. The number of fused-ring (bicyclic) bond motifs is 3. The number of ether oxygens (including phenoxy) is 1. The van der Waals surface area contributed by atoms with E-state index >= 15 is 0 Å². The highest BCUT2D eigenvalue weighted by atomic mass is 32.2. The van der Waals surface area contributed by atoms with Gasteiger partial charge >= 0.3 is 0 Å². The van der Waals surface area contributed by atoms with E-state index in [1.54, 1.807) is 0 Å². The Bertz CT molecular complexity index is 890. The molecule has 3 heterocycles. The molecule has 1 aromatic carbocycles. The minimum Gasteiger partial charge on any atom is -0.378 e. The average molecular weight is 343 g/mol. The summed E-state index contributed by atoms with van der Waals surface area (Å²) in [4.78, 5) is 22.1. The maximum atomic E-state index is 12.5. The molecule has 1 aliphatic rings. The summed E-state index contributed by atoms with van der Waals surface area (Å²) in [6.07, 6.45) is 0. The summed E-state index contributed by atoms with van der Waals surface area (Å²) in [5.74, 6) is 0.0867. The third kappa shape index (κ3) is 2.83. The van der Waals surface area contributed by atoms with Gasteiger partial charge in [-0.25, -0.2) is 4.98 Å². The molecular formula is C16H17N5O2S. The molecule has 0 saturated carbocycles. The zero-order valence-electron chi connectivity index (χ0n) is 13.2. The minimum absolute atomic E-state index is 0.0867. The molecule has 24 heavy (non-hydrogen) atoms. The summed E-state index contributed by atoms with van der Waals surface area (Å²) in [6.45, 7) is 4.36. The second-order valence-corrected chi connectivity index (χ2v) is 6.97. The molecule has 0 aliphatic carbocycles. The summed E-state index contributed by atoms with van der Waals surface area (Å²) in [5, 5.41) is 9.71. The predicted molar refractivity (Wildman–Crippen MR) is 91.9 cm³/mol.